The molecule has 0 aliphatic carbocycles. The fourth-order valence-corrected chi connectivity index (χ4v) is 6.04. The van der Waals surface area contributed by atoms with Crippen LogP contribution in [0.4, 0.5) is 10.5 Å². The highest BCUT2D eigenvalue weighted by Crippen LogP contribution is 2.39. The number of aryl methyl sites for hydroxylation is 1. The van der Waals surface area contributed by atoms with E-state index in [2.05, 4.69) is 34.0 Å². The van der Waals surface area contributed by atoms with Gasteiger partial charge in [-0.1, -0.05) is 78.9 Å². The monoisotopic (exact) mass is 570 g/mol. The molecule has 0 radical (unpaired) electrons. The quantitative estimate of drug-likeness (QED) is 0.218. The summed E-state index contributed by atoms with van der Waals surface area (Å²) in [5, 5.41) is 2.90. The lowest BCUT2D eigenvalue weighted by molar-refractivity contribution is -0.154. The van der Waals surface area contributed by atoms with Crippen LogP contribution in [0.15, 0.2) is 78.9 Å². The van der Waals surface area contributed by atoms with E-state index in [0.29, 0.717) is 38.3 Å². The summed E-state index contributed by atoms with van der Waals surface area (Å²) in [5.74, 6) is -0.178. The Hall–Kier alpha value is -4.01. The molecule has 0 bridgehead atoms. The van der Waals surface area contributed by atoms with Gasteiger partial charge in [-0.3, -0.25) is 10.1 Å². The van der Waals surface area contributed by atoms with E-state index in [4.69, 9.17) is 14.2 Å². The number of nitrogens with zero attached hydrogens (tertiary/aromatic N) is 1. The van der Waals surface area contributed by atoms with Crippen molar-refractivity contribution in [3.63, 3.8) is 0 Å². The van der Waals surface area contributed by atoms with Crippen LogP contribution in [0.3, 0.4) is 0 Å². The number of anilines is 1. The highest BCUT2D eigenvalue weighted by atomic mass is 32.1. The molecule has 1 atom stereocenters. The van der Waals surface area contributed by atoms with Crippen molar-refractivity contribution in [2.75, 3.05) is 25.1 Å². The van der Waals surface area contributed by atoms with E-state index in [0.717, 1.165) is 38.4 Å². The van der Waals surface area contributed by atoms with Crippen LogP contribution in [-0.4, -0.2) is 36.3 Å². The second-order valence-electron chi connectivity index (χ2n) is 10.1. The van der Waals surface area contributed by atoms with Gasteiger partial charge in [0.25, 0.3) is 0 Å². The normalized spacial score (nSPS) is 15.1. The Morgan fingerprint density at radius 3 is 2.20 bits per heavy atom. The van der Waals surface area contributed by atoms with E-state index in [1.54, 1.807) is 0 Å². The van der Waals surface area contributed by atoms with Crippen LogP contribution in [-0.2, 0) is 24.4 Å². The van der Waals surface area contributed by atoms with Gasteiger partial charge in [0.15, 0.2) is 0 Å². The van der Waals surface area contributed by atoms with Gasteiger partial charge >= 0.3 is 12.1 Å². The first kappa shape index (κ1) is 28.5. The van der Waals surface area contributed by atoms with Crippen LogP contribution in [0.25, 0.3) is 21.6 Å². The van der Waals surface area contributed by atoms with E-state index in [1.165, 1.54) is 11.5 Å². The van der Waals surface area contributed by atoms with Crippen molar-refractivity contribution < 1.29 is 23.8 Å². The molecule has 1 saturated heterocycles. The molecule has 4 aromatic rings. The first-order valence-corrected chi connectivity index (χ1v) is 14.6. The smallest absolute Gasteiger partial charge is 0.412 e. The molecular weight excluding hydrogens is 536 g/mol. The largest absolute Gasteiger partial charge is 0.465 e. The zero-order chi connectivity index (χ0) is 28.8. The zero-order valence-corrected chi connectivity index (χ0v) is 24.3. The molecule has 8 heteroatoms. The van der Waals surface area contributed by atoms with Crippen LogP contribution in [0.1, 0.15) is 49.6 Å². The summed E-state index contributed by atoms with van der Waals surface area (Å²) in [5.41, 5.74) is 5.65. The van der Waals surface area contributed by atoms with Crippen LogP contribution in [0.2, 0.25) is 0 Å². The van der Waals surface area contributed by atoms with Gasteiger partial charge in [-0.2, -0.15) is 4.37 Å². The molecule has 1 amide bonds. The van der Waals surface area contributed by atoms with Gasteiger partial charge in [-0.05, 0) is 73.0 Å². The Morgan fingerprint density at radius 2 is 1.56 bits per heavy atom. The number of amides is 1. The van der Waals surface area contributed by atoms with Crippen LogP contribution < -0.4 is 5.32 Å². The lowest BCUT2D eigenvalue weighted by Crippen LogP contribution is -2.42. The number of nitrogens with one attached hydrogen (secondary N) is 1. The SMILES string of the molecule is CCOC(=O)C1(c2ccc(-c3ccc(-c4snc(C)c4NC(=O)OC(C)c4ccccc4)cc3)cc2)CCOCC1. The van der Waals surface area contributed by atoms with E-state index < -0.39 is 11.5 Å². The van der Waals surface area contributed by atoms with Gasteiger partial charge in [0.1, 0.15) is 6.10 Å². The maximum Gasteiger partial charge on any atom is 0.412 e. The number of hydrogen-bond donors (Lipinski definition) is 1. The molecule has 1 fully saturated rings. The minimum Gasteiger partial charge on any atom is -0.465 e. The van der Waals surface area contributed by atoms with Crippen molar-refractivity contribution in [1.82, 2.24) is 4.37 Å². The van der Waals surface area contributed by atoms with Gasteiger partial charge in [0.05, 0.1) is 28.3 Å². The lowest BCUT2D eigenvalue weighted by Gasteiger charge is -2.35. The fourth-order valence-electron chi connectivity index (χ4n) is 5.19. The molecule has 212 valence electrons. The summed E-state index contributed by atoms with van der Waals surface area (Å²) >= 11 is 1.34. The van der Waals surface area contributed by atoms with Crippen molar-refractivity contribution in [3.05, 3.63) is 95.7 Å². The van der Waals surface area contributed by atoms with Crippen molar-refractivity contribution >= 4 is 29.3 Å². The maximum absolute atomic E-state index is 12.9. The lowest BCUT2D eigenvalue weighted by atomic mass is 9.74. The number of ether oxygens (including phenoxy) is 3. The molecule has 41 heavy (non-hydrogen) atoms. The van der Waals surface area contributed by atoms with Crippen molar-refractivity contribution in [1.29, 1.82) is 0 Å². The second-order valence-corrected chi connectivity index (χ2v) is 10.9. The van der Waals surface area contributed by atoms with Gasteiger partial charge in [0, 0.05) is 13.2 Å². The van der Waals surface area contributed by atoms with E-state index in [1.807, 2.05) is 75.4 Å². The third kappa shape index (κ3) is 6.19. The first-order chi connectivity index (χ1) is 19.9. The molecule has 0 saturated carbocycles. The first-order valence-electron chi connectivity index (χ1n) is 13.9. The predicted octanol–water partition coefficient (Wildman–Crippen LogP) is 7.71. The molecule has 2 heterocycles. The number of carbonyl (C=O) groups excluding carboxylic acids is 2. The second kappa shape index (κ2) is 12.7. The van der Waals surface area contributed by atoms with E-state index in [-0.39, 0.29) is 12.1 Å². The molecule has 0 spiro atoms. The number of carbonyl (C=O) groups is 2. The summed E-state index contributed by atoms with van der Waals surface area (Å²) in [6.07, 6.45) is 0.329. The van der Waals surface area contributed by atoms with Gasteiger partial charge in [-0.25, -0.2) is 4.79 Å². The zero-order valence-electron chi connectivity index (χ0n) is 23.5. The summed E-state index contributed by atoms with van der Waals surface area (Å²) in [6.45, 7) is 6.99. The van der Waals surface area contributed by atoms with Gasteiger partial charge < -0.3 is 14.2 Å². The molecule has 1 aliphatic heterocycles. The standard InChI is InChI=1S/C33H34N2O5S/c1-4-39-31(36)33(18-20-38-21-19-33)28-16-14-26(15-17-28)25-10-12-27(13-11-25)30-29(22(2)35-41-30)34-32(37)40-23(3)24-8-6-5-7-9-24/h5-17,23H,4,18-21H2,1-3H3,(H,34,37). The van der Waals surface area contributed by atoms with Crippen LogP contribution in [0, 0.1) is 6.92 Å². The fraction of sp³-hybridized carbons (Fsp3) is 0.303. The molecule has 7 nitrogen and oxygen atoms in total. The Balaban J connectivity index is 1.31. The summed E-state index contributed by atoms with van der Waals surface area (Å²) in [6, 6.07) is 25.9. The number of rotatable bonds is 8. The molecule has 1 aliphatic rings. The number of esters is 1. The number of aromatic nitrogens is 1. The highest BCUT2D eigenvalue weighted by molar-refractivity contribution is 7.10. The average molecular weight is 571 g/mol. The van der Waals surface area contributed by atoms with Crippen LogP contribution >= 0.6 is 11.5 Å². The predicted molar refractivity (Wildman–Crippen MR) is 161 cm³/mol. The molecule has 3 aromatic carbocycles. The van der Waals surface area contributed by atoms with Gasteiger partial charge in [0.2, 0.25) is 0 Å². The summed E-state index contributed by atoms with van der Waals surface area (Å²) < 4.78 is 21.1. The third-order valence-electron chi connectivity index (χ3n) is 7.57. The molecule has 1 unspecified atom stereocenters. The van der Waals surface area contributed by atoms with Crippen molar-refractivity contribution in [2.24, 2.45) is 0 Å². The van der Waals surface area contributed by atoms with E-state index in [9.17, 15) is 9.59 Å². The molecule has 5 rings (SSSR count). The third-order valence-corrected chi connectivity index (χ3v) is 8.56. The maximum atomic E-state index is 12.9. The Labute approximate surface area is 244 Å². The highest BCUT2D eigenvalue weighted by Gasteiger charge is 2.43. The Morgan fingerprint density at radius 1 is 0.951 bits per heavy atom. The Kier molecular flexibility index (Phi) is 8.81. The number of hydrogen-bond acceptors (Lipinski definition) is 7. The topological polar surface area (TPSA) is 86.8 Å². The average Bonchev–Trinajstić information content (AvgIpc) is 3.37. The minimum absolute atomic E-state index is 0.178. The summed E-state index contributed by atoms with van der Waals surface area (Å²) in [4.78, 5) is 26.5. The summed E-state index contributed by atoms with van der Waals surface area (Å²) in [7, 11) is 0. The molecular formula is C33H34N2O5S. The number of benzene rings is 3. The van der Waals surface area contributed by atoms with Gasteiger partial charge in [-0.15, -0.1) is 0 Å². The van der Waals surface area contributed by atoms with Crippen molar-refractivity contribution in [3.8, 4) is 21.6 Å². The molecule has 1 N–H and O–H groups in total. The molecule has 1 aromatic heterocycles. The van der Waals surface area contributed by atoms with Crippen LogP contribution in [0.5, 0.6) is 0 Å². The minimum atomic E-state index is -0.663. The van der Waals surface area contributed by atoms with E-state index >= 15 is 0 Å². The Bertz CT molecular complexity index is 1480. The van der Waals surface area contributed by atoms with Crippen molar-refractivity contribution in [2.45, 2.75) is 45.1 Å².